The first-order valence-electron chi connectivity index (χ1n) is 8.60. The van der Waals surface area contributed by atoms with E-state index in [0.29, 0.717) is 15.8 Å². The molecular formula is C19H23NO4S2. The van der Waals surface area contributed by atoms with Crippen molar-refractivity contribution < 1.29 is 19.1 Å². The Morgan fingerprint density at radius 1 is 1.27 bits per heavy atom. The van der Waals surface area contributed by atoms with E-state index < -0.39 is 0 Å². The topological polar surface area (TPSA) is 55.8 Å². The number of unbranched alkanes of at least 4 members (excludes halogenated alkanes) is 2. The van der Waals surface area contributed by atoms with Gasteiger partial charge in [-0.2, -0.15) is 0 Å². The summed E-state index contributed by atoms with van der Waals surface area (Å²) < 4.78 is 10.8. The maximum atomic E-state index is 12.5. The van der Waals surface area contributed by atoms with Crippen molar-refractivity contribution in [3.05, 3.63) is 34.7 Å². The van der Waals surface area contributed by atoms with Crippen molar-refractivity contribution in [1.29, 1.82) is 0 Å². The predicted molar refractivity (Wildman–Crippen MR) is 108 cm³/mol. The van der Waals surface area contributed by atoms with Crippen molar-refractivity contribution in [2.45, 2.75) is 32.6 Å². The number of carbonyl (C=O) groups excluding carboxylic acids is 2. The third-order valence-electron chi connectivity index (χ3n) is 3.84. The Morgan fingerprint density at radius 3 is 2.65 bits per heavy atom. The number of carbonyl (C=O) groups is 2. The molecule has 1 aliphatic heterocycles. The molecule has 0 radical (unpaired) electrons. The normalized spacial score (nSPS) is 15.6. The van der Waals surface area contributed by atoms with Gasteiger partial charge in [0.25, 0.3) is 5.91 Å². The monoisotopic (exact) mass is 393 g/mol. The van der Waals surface area contributed by atoms with Crippen LogP contribution in [0.5, 0.6) is 5.75 Å². The molecule has 26 heavy (non-hydrogen) atoms. The Morgan fingerprint density at radius 2 is 2.00 bits per heavy atom. The molecule has 1 amide bonds. The van der Waals surface area contributed by atoms with Gasteiger partial charge in [0.1, 0.15) is 10.1 Å². The highest BCUT2D eigenvalue weighted by Gasteiger charge is 2.32. The third kappa shape index (κ3) is 5.85. The van der Waals surface area contributed by atoms with Crippen LogP contribution in [0.2, 0.25) is 0 Å². The number of esters is 1. The molecule has 1 fully saturated rings. The molecule has 5 nitrogen and oxygen atoms in total. The molecule has 7 heteroatoms. The molecule has 0 saturated carbocycles. The van der Waals surface area contributed by atoms with Gasteiger partial charge in [-0.25, -0.2) is 0 Å². The maximum absolute atomic E-state index is 12.5. The molecule has 1 aromatic carbocycles. The van der Waals surface area contributed by atoms with Crippen molar-refractivity contribution in [2.75, 3.05) is 20.3 Å². The fourth-order valence-electron chi connectivity index (χ4n) is 2.36. The van der Waals surface area contributed by atoms with Gasteiger partial charge in [-0.3, -0.25) is 14.5 Å². The predicted octanol–water partition coefficient (Wildman–Crippen LogP) is 4.02. The molecule has 2 rings (SSSR count). The van der Waals surface area contributed by atoms with Gasteiger partial charge in [-0.1, -0.05) is 55.9 Å². The number of amides is 1. The van der Waals surface area contributed by atoms with E-state index in [0.717, 1.165) is 30.6 Å². The van der Waals surface area contributed by atoms with E-state index >= 15 is 0 Å². The van der Waals surface area contributed by atoms with Crippen LogP contribution in [-0.4, -0.2) is 41.4 Å². The molecule has 0 spiro atoms. The Bertz CT molecular complexity index is 685. The Kier molecular flexibility index (Phi) is 8.12. The van der Waals surface area contributed by atoms with Gasteiger partial charge in [0.05, 0.1) is 25.0 Å². The lowest BCUT2D eigenvalue weighted by Gasteiger charge is -2.13. The van der Waals surface area contributed by atoms with Crippen molar-refractivity contribution in [2.24, 2.45) is 0 Å². The number of thiocarbonyl (C=S) groups is 1. The number of thioether (sulfide) groups is 1. The van der Waals surface area contributed by atoms with E-state index in [1.165, 1.54) is 16.7 Å². The molecule has 0 aliphatic carbocycles. The van der Waals surface area contributed by atoms with Crippen molar-refractivity contribution in [3.63, 3.8) is 0 Å². The average molecular weight is 394 g/mol. The zero-order chi connectivity index (χ0) is 18.9. The molecule has 0 bridgehead atoms. The third-order valence-corrected chi connectivity index (χ3v) is 5.22. The highest BCUT2D eigenvalue weighted by atomic mass is 32.2. The fraction of sp³-hybridized carbons (Fsp3) is 0.421. The van der Waals surface area contributed by atoms with Crippen LogP contribution in [0.1, 0.15) is 38.2 Å². The largest absolute Gasteiger partial charge is 0.497 e. The lowest BCUT2D eigenvalue weighted by Crippen LogP contribution is -2.30. The van der Waals surface area contributed by atoms with Gasteiger partial charge in [0, 0.05) is 6.54 Å². The molecule has 0 atom stereocenters. The van der Waals surface area contributed by atoms with Gasteiger partial charge in [-0.05, 0) is 30.2 Å². The Balaban J connectivity index is 1.89. The Hall–Kier alpha value is -1.86. The summed E-state index contributed by atoms with van der Waals surface area (Å²) in [6.07, 6.45) is 4.93. The van der Waals surface area contributed by atoms with Crippen LogP contribution < -0.4 is 4.74 Å². The van der Waals surface area contributed by atoms with Gasteiger partial charge in [0.15, 0.2) is 0 Å². The number of nitrogens with zero attached hydrogens (tertiary/aromatic N) is 1. The minimum Gasteiger partial charge on any atom is -0.497 e. The lowest BCUT2D eigenvalue weighted by atomic mass is 10.2. The van der Waals surface area contributed by atoms with Gasteiger partial charge >= 0.3 is 5.97 Å². The summed E-state index contributed by atoms with van der Waals surface area (Å²) in [6.45, 7) is 2.77. The van der Waals surface area contributed by atoms with E-state index in [4.69, 9.17) is 21.7 Å². The number of hydrogen-bond acceptors (Lipinski definition) is 6. The quantitative estimate of drug-likeness (QED) is 0.273. The summed E-state index contributed by atoms with van der Waals surface area (Å²) in [5.74, 6) is 0.288. The SMILES string of the molecule is CCCCCOC(=O)CCN1C(=O)C(=Cc2ccc(OC)cc2)SC1=S. The van der Waals surface area contributed by atoms with Crippen LogP contribution in [0.3, 0.4) is 0 Å². The van der Waals surface area contributed by atoms with E-state index in [-0.39, 0.29) is 24.8 Å². The smallest absolute Gasteiger partial charge is 0.307 e. The second kappa shape index (κ2) is 10.3. The molecule has 1 heterocycles. The first-order valence-corrected chi connectivity index (χ1v) is 9.82. The highest BCUT2D eigenvalue weighted by molar-refractivity contribution is 8.26. The summed E-state index contributed by atoms with van der Waals surface area (Å²) >= 11 is 6.53. The number of ether oxygens (including phenoxy) is 2. The van der Waals surface area contributed by atoms with Crippen LogP contribution in [0.25, 0.3) is 6.08 Å². The zero-order valence-corrected chi connectivity index (χ0v) is 16.7. The lowest BCUT2D eigenvalue weighted by molar-refractivity contribution is -0.144. The molecule has 0 N–H and O–H groups in total. The van der Waals surface area contributed by atoms with E-state index in [1.807, 2.05) is 24.3 Å². The molecule has 1 saturated heterocycles. The van der Waals surface area contributed by atoms with Gasteiger partial charge in [-0.15, -0.1) is 0 Å². The molecule has 0 aromatic heterocycles. The van der Waals surface area contributed by atoms with Crippen LogP contribution in [-0.2, 0) is 14.3 Å². The van der Waals surface area contributed by atoms with E-state index in [1.54, 1.807) is 13.2 Å². The van der Waals surface area contributed by atoms with Gasteiger partial charge in [0.2, 0.25) is 0 Å². The average Bonchev–Trinajstić information content (AvgIpc) is 2.91. The van der Waals surface area contributed by atoms with Crippen molar-refractivity contribution in [1.82, 2.24) is 4.90 Å². The molecule has 1 aliphatic rings. The summed E-state index contributed by atoms with van der Waals surface area (Å²) in [7, 11) is 1.61. The van der Waals surface area contributed by atoms with E-state index in [2.05, 4.69) is 6.92 Å². The standard InChI is InChI=1S/C19H23NO4S2/c1-3-4-5-12-24-17(21)10-11-20-18(22)16(26-19(20)25)13-14-6-8-15(23-2)9-7-14/h6-9,13H,3-5,10-12H2,1-2H3. The molecular weight excluding hydrogens is 370 g/mol. The second-order valence-corrected chi connectivity index (χ2v) is 7.46. The summed E-state index contributed by atoms with van der Waals surface area (Å²) in [5.41, 5.74) is 0.890. The minimum atomic E-state index is -0.297. The first-order chi connectivity index (χ1) is 12.5. The summed E-state index contributed by atoms with van der Waals surface area (Å²) in [5, 5.41) is 0. The number of rotatable bonds is 9. The van der Waals surface area contributed by atoms with Crippen molar-refractivity contribution >= 4 is 46.3 Å². The van der Waals surface area contributed by atoms with Crippen LogP contribution in [0, 0.1) is 0 Å². The van der Waals surface area contributed by atoms with E-state index in [9.17, 15) is 9.59 Å². The van der Waals surface area contributed by atoms with Crippen molar-refractivity contribution in [3.8, 4) is 5.75 Å². The molecule has 140 valence electrons. The van der Waals surface area contributed by atoms with Gasteiger partial charge < -0.3 is 9.47 Å². The summed E-state index contributed by atoms with van der Waals surface area (Å²) in [4.78, 5) is 26.3. The maximum Gasteiger partial charge on any atom is 0.307 e. The van der Waals surface area contributed by atoms with Crippen LogP contribution in [0.4, 0.5) is 0 Å². The zero-order valence-electron chi connectivity index (χ0n) is 15.0. The Labute approximate surface area is 163 Å². The minimum absolute atomic E-state index is 0.147. The van der Waals surface area contributed by atoms with Crippen LogP contribution in [0.15, 0.2) is 29.2 Å². The molecule has 0 unspecified atom stereocenters. The second-order valence-electron chi connectivity index (χ2n) is 5.78. The van der Waals surface area contributed by atoms with Crippen LogP contribution >= 0.6 is 24.0 Å². The first kappa shape index (κ1) is 20.5. The highest BCUT2D eigenvalue weighted by Crippen LogP contribution is 2.32. The number of methoxy groups -OCH3 is 1. The number of benzene rings is 1. The fourth-order valence-corrected chi connectivity index (χ4v) is 3.67. The number of hydrogen-bond donors (Lipinski definition) is 0. The summed E-state index contributed by atoms with van der Waals surface area (Å²) in [6, 6.07) is 7.42. The molecule has 1 aromatic rings.